The van der Waals surface area contributed by atoms with E-state index in [4.69, 9.17) is 0 Å². The van der Waals surface area contributed by atoms with E-state index in [9.17, 15) is 29.8 Å². The number of rotatable bonds is 1. The Bertz CT molecular complexity index is 619. The van der Waals surface area contributed by atoms with E-state index in [1.807, 2.05) is 0 Å². The molecular weight excluding hydrogens is 318 g/mol. The summed E-state index contributed by atoms with van der Waals surface area (Å²) in [5.41, 5.74) is 3.65. The molecule has 2 atom stereocenters. The first kappa shape index (κ1) is 16.8. The van der Waals surface area contributed by atoms with E-state index in [0.29, 0.717) is 11.5 Å². The van der Waals surface area contributed by atoms with Gasteiger partial charge in [0.2, 0.25) is 0 Å². The molecule has 0 radical (unpaired) electrons. The van der Waals surface area contributed by atoms with Crippen molar-refractivity contribution in [3.63, 3.8) is 0 Å². The van der Waals surface area contributed by atoms with Gasteiger partial charge in [0.15, 0.2) is 19.7 Å². The molecule has 0 aromatic carbocycles. The fraction of sp³-hybridized carbons (Fsp3) is 1.00. The number of quaternary nitrogens is 1. The molecule has 19 heavy (non-hydrogen) atoms. The lowest BCUT2D eigenvalue weighted by Gasteiger charge is -2.11. The summed E-state index contributed by atoms with van der Waals surface area (Å²) in [6.07, 6.45) is 0.705. The van der Waals surface area contributed by atoms with Gasteiger partial charge in [0, 0.05) is 6.42 Å². The van der Waals surface area contributed by atoms with Crippen molar-refractivity contribution in [2.75, 3.05) is 23.0 Å². The van der Waals surface area contributed by atoms with Gasteiger partial charge in [-0.2, -0.15) is 0 Å². The first-order chi connectivity index (χ1) is 8.41. The average molecular weight is 335 g/mol. The minimum Gasteiger partial charge on any atom is -0.748 e. The van der Waals surface area contributed by atoms with Crippen LogP contribution in [0.2, 0.25) is 0 Å². The zero-order valence-corrected chi connectivity index (χ0v) is 12.6. The van der Waals surface area contributed by atoms with Crippen molar-refractivity contribution in [1.82, 2.24) is 0 Å². The van der Waals surface area contributed by atoms with E-state index in [0.717, 1.165) is 6.42 Å². The van der Waals surface area contributed by atoms with Crippen molar-refractivity contribution >= 4 is 29.8 Å². The summed E-state index contributed by atoms with van der Waals surface area (Å²) in [7, 11) is -10.3. The molecule has 114 valence electrons. The van der Waals surface area contributed by atoms with Crippen LogP contribution in [0.4, 0.5) is 0 Å². The molecule has 2 rings (SSSR count). The van der Waals surface area contributed by atoms with Crippen LogP contribution < -0.4 is 5.73 Å². The number of hydrogen-bond donors (Lipinski definition) is 1. The van der Waals surface area contributed by atoms with E-state index in [1.54, 1.807) is 0 Å². The van der Waals surface area contributed by atoms with Gasteiger partial charge in [0.1, 0.15) is 5.75 Å². The molecule has 0 bridgehead atoms. The molecule has 0 saturated carbocycles. The summed E-state index contributed by atoms with van der Waals surface area (Å²) >= 11 is 0. The summed E-state index contributed by atoms with van der Waals surface area (Å²) in [6.45, 7) is 0. The highest BCUT2D eigenvalue weighted by molar-refractivity contribution is 7.94. The van der Waals surface area contributed by atoms with E-state index < -0.39 is 40.8 Å². The Morgan fingerprint density at radius 2 is 1.42 bits per heavy atom. The highest BCUT2D eigenvalue weighted by Crippen LogP contribution is 2.17. The van der Waals surface area contributed by atoms with Crippen LogP contribution >= 0.6 is 0 Å². The summed E-state index contributed by atoms with van der Waals surface area (Å²) in [6, 6.07) is 0.153. The number of hydrogen-bond acceptors (Lipinski definition) is 7. The molecule has 2 saturated heterocycles. The second kappa shape index (κ2) is 5.64. The maximum absolute atomic E-state index is 10.7. The quantitative estimate of drug-likeness (QED) is 0.505. The Balaban J connectivity index is 0.000000200. The molecule has 0 aromatic rings. The van der Waals surface area contributed by atoms with Crippen molar-refractivity contribution in [3.05, 3.63) is 0 Å². The van der Waals surface area contributed by atoms with Gasteiger partial charge in [-0.15, -0.1) is 0 Å². The van der Waals surface area contributed by atoms with Crippen LogP contribution in [0.25, 0.3) is 0 Å². The first-order valence-electron chi connectivity index (χ1n) is 5.60. The van der Waals surface area contributed by atoms with Gasteiger partial charge in [0.05, 0.1) is 38.7 Å². The van der Waals surface area contributed by atoms with E-state index in [-0.39, 0.29) is 18.2 Å². The lowest BCUT2D eigenvalue weighted by Crippen LogP contribution is -2.61. The van der Waals surface area contributed by atoms with Crippen LogP contribution in [0.5, 0.6) is 0 Å². The zero-order valence-electron chi connectivity index (χ0n) is 10.2. The molecule has 0 amide bonds. The van der Waals surface area contributed by atoms with Crippen LogP contribution in [0.1, 0.15) is 12.8 Å². The predicted octanol–water partition coefficient (Wildman–Crippen LogP) is -2.87. The third-order valence-electron chi connectivity index (χ3n) is 2.93. The molecule has 3 N–H and O–H groups in total. The monoisotopic (exact) mass is 335 g/mol. The van der Waals surface area contributed by atoms with Crippen LogP contribution in [0.15, 0.2) is 0 Å². The number of sulfone groups is 2. The summed E-state index contributed by atoms with van der Waals surface area (Å²) in [5.74, 6) is -0.0356. The van der Waals surface area contributed by atoms with E-state index >= 15 is 0 Å². The van der Waals surface area contributed by atoms with Crippen LogP contribution in [-0.4, -0.2) is 64.1 Å². The van der Waals surface area contributed by atoms with Gasteiger partial charge >= 0.3 is 0 Å². The Hall–Kier alpha value is -0.230. The fourth-order valence-electron chi connectivity index (χ4n) is 1.86. The van der Waals surface area contributed by atoms with Crippen molar-refractivity contribution < 1.29 is 35.5 Å². The Kier molecular flexibility index (Phi) is 4.99. The molecule has 0 aliphatic carbocycles. The van der Waals surface area contributed by atoms with Gasteiger partial charge in [-0.3, -0.25) is 0 Å². The SMILES string of the molecule is O=S1(=O)CCC(S(=O)(=O)[O-])C1.[NH3+]C1CCS(=O)(=O)C1. The van der Waals surface area contributed by atoms with Crippen molar-refractivity contribution in [3.8, 4) is 0 Å². The lowest BCUT2D eigenvalue weighted by molar-refractivity contribution is -0.410. The van der Waals surface area contributed by atoms with Crippen LogP contribution in [0.3, 0.4) is 0 Å². The minimum atomic E-state index is -4.40. The zero-order chi connectivity index (χ0) is 14.9. The topological polar surface area (TPSA) is 153 Å². The summed E-state index contributed by atoms with van der Waals surface area (Å²) in [4.78, 5) is 0. The van der Waals surface area contributed by atoms with Crippen molar-refractivity contribution in [2.24, 2.45) is 0 Å². The predicted molar refractivity (Wildman–Crippen MR) is 66.7 cm³/mol. The molecule has 0 aromatic heterocycles. The average Bonchev–Trinajstić information content (AvgIpc) is 2.69. The van der Waals surface area contributed by atoms with Gasteiger partial charge in [-0.25, -0.2) is 25.3 Å². The molecule has 2 fully saturated rings. The second-order valence-electron chi connectivity index (χ2n) is 4.79. The maximum Gasteiger partial charge on any atom is 0.156 e. The third-order valence-corrected chi connectivity index (χ3v) is 7.96. The van der Waals surface area contributed by atoms with Gasteiger partial charge in [0.25, 0.3) is 0 Å². The molecule has 11 heteroatoms. The first-order valence-corrected chi connectivity index (χ1v) is 10.7. The van der Waals surface area contributed by atoms with Gasteiger partial charge in [-0.1, -0.05) is 0 Å². The molecule has 2 unspecified atom stereocenters. The van der Waals surface area contributed by atoms with Crippen LogP contribution in [0, 0.1) is 0 Å². The molecule has 2 heterocycles. The molecule has 0 spiro atoms. The second-order valence-corrected chi connectivity index (χ2v) is 10.9. The highest BCUT2D eigenvalue weighted by atomic mass is 32.2. The standard InChI is InChI=1S/C4H9NO2S.C4H8O5S2/c5-4-1-2-8(6,7)3-4;5-10(6)2-1-4(3-10)11(7,8)9/h4H,1-3,5H2;4H,1-3H2,(H,7,8,9). The molecule has 2 aliphatic rings. The van der Waals surface area contributed by atoms with Crippen molar-refractivity contribution in [1.29, 1.82) is 0 Å². The summed E-state index contributed by atoms with van der Waals surface area (Å²) < 4.78 is 73.5. The Morgan fingerprint density at radius 1 is 0.947 bits per heavy atom. The third kappa shape index (κ3) is 5.73. The largest absolute Gasteiger partial charge is 0.748 e. The normalized spacial score (nSPS) is 32.5. The molecule has 8 nitrogen and oxygen atoms in total. The fourth-order valence-corrected chi connectivity index (χ4v) is 6.99. The smallest absolute Gasteiger partial charge is 0.156 e. The highest BCUT2D eigenvalue weighted by Gasteiger charge is 2.32. The van der Waals surface area contributed by atoms with Gasteiger partial charge < -0.3 is 10.3 Å². The Morgan fingerprint density at radius 3 is 1.58 bits per heavy atom. The molecular formula is C8H17NO7S3. The Labute approximate surface area is 113 Å². The van der Waals surface area contributed by atoms with E-state index in [1.165, 1.54) is 0 Å². The molecule has 2 aliphatic heterocycles. The van der Waals surface area contributed by atoms with Gasteiger partial charge in [-0.05, 0) is 6.42 Å². The summed E-state index contributed by atoms with van der Waals surface area (Å²) in [5, 5.41) is -1.22. The van der Waals surface area contributed by atoms with Crippen molar-refractivity contribution in [2.45, 2.75) is 24.1 Å². The minimum absolute atomic E-state index is 0.0475. The van der Waals surface area contributed by atoms with E-state index in [2.05, 4.69) is 5.73 Å². The maximum atomic E-state index is 10.7. The lowest BCUT2D eigenvalue weighted by atomic mass is 10.3. The van der Waals surface area contributed by atoms with Crippen LogP contribution in [-0.2, 0) is 29.8 Å².